The van der Waals surface area contributed by atoms with E-state index in [0.29, 0.717) is 16.3 Å². The normalized spacial score (nSPS) is 10.5. The first-order chi connectivity index (χ1) is 10.1. The van der Waals surface area contributed by atoms with E-state index < -0.39 is 5.97 Å². The Morgan fingerprint density at radius 2 is 1.90 bits per heavy atom. The molecule has 1 N–H and O–H groups in total. The van der Waals surface area contributed by atoms with E-state index in [-0.39, 0.29) is 11.3 Å². The van der Waals surface area contributed by atoms with Crippen molar-refractivity contribution < 1.29 is 14.6 Å². The zero-order valence-electron chi connectivity index (χ0n) is 10.8. The molecule has 0 aliphatic rings. The van der Waals surface area contributed by atoms with Crippen molar-refractivity contribution in [2.24, 2.45) is 0 Å². The van der Waals surface area contributed by atoms with Crippen LogP contribution in [0.2, 0.25) is 5.02 Å². The van der Waals surface area contributed by atoms with Crippen molar-refractivity contribution in [2.75, 3.05) is 0 Å². The van der Waals surface area contributed by atoms with E-state index in [1.165, 1.54) is 18.2 Å². The third kappa shape index (κ3) is 2.66. The monoisotopic (exact) mass is 299 g/mol. The van der Waals surface area contributed by atoms with Crippen LogP contribution >= 0.6 is 11.6 Å². The fraction of sp³-hybridized carbons (Fsp3) is 0. The number of hydrogen-bond donors (Lipinski definition) is 1. The number of hydrogen-bond acceptors (Lipinski definition) is 3. The van der Waals surface area contributed by atoms with Crippen LogP contribution in [0.15, 0.2) is 54.7 Å². The number of benzene rings is 2. The van der Waals surface area contributed by atoms with Crippen LogP contribution < -0.4 is 4.74 Å². The summed E-state index contributed by atoms with van der Waals surface area (Å²) in [6, 6.07) is 13.6. The second kappa shape index (κ2) is 5.42. The van der Waals surface area contributed by atoms with Crippen molar-refractivity contribution in [3.63, 3.8) is 0 Å². The van der Waals surface area contributed by atoms with Crippen LogP contribution in [0.5, 0.6) is 11.5 Å². The van der Waals surface area contributed by atoms with Gasteiger partial charge in [-0.05, 0) is 24.3 Å². The molecule has 0 fully saturated rings. The first-order valence-corrected chi connectivity index (χ1v) is 6.57. The van der Waals surface area contributed by atoms with Crippen LogP contribution in [0.25, 0.3) is 10.9 Å². The number of rotatable bonds is 3. The molecule has 104 valence electrons. The van der Waals surface area contributed by atoms with Gasteiger partial charge in [-0.15, -0.1) is 0 Å². The molecule has 0 aliphatic carbocycles. The molecular weight excluding hydrogens is 290 g/mol. The summed E-state index contributed by atoms with van der Waals surface area (Å²) in [6.07, 6.45) is 1.66. The van der Waals surface area contributed by atoms with Crippen molar-refractivity contribution in [1.82, 2.24) is 4.98 Å². The standard InChI is InChI=1S/C16H10ClNO3/c17-11-6-7-12(16(19)20)14(9-11)21-13-5-1-3-10-4-2-8-18-15(10)13/h1-9H,(H,19,20). The van der Waals surface area contributed by atoms with Gasteiger partial charge in [-0.25, -0.2) is 4.79 Å². The van der Waals surface area contributed by atoms with E-state index in [9.17, 15) is 9.90 Å². The predicted octanol–water partition coefficient (Wildman–Crippen LogP) is 4.38. The average molecular weight is 300 g/mol. The Balaban J connectivity index is 2.11. The third-order valence-electron chi connectivity index (χ3n) is 2.99. The fourth-order valence-corrected chi connectivity index (χ4v) is 2.20. The van der Waals surface area contributed by atoms with Gasteiger partial charge in [0.1, 0.15) is 16.8 Å². The molecule has 0 amide bonds. The van der Waals surface area contributed by atoms with Gasteiger partial charge in [0.15, 0.2) is 5.75 Å². The van der Waals surface area contributed by atoms with Crippen LogP contribution in [-0.2, 0) is 0 Å². The number of carboxylic acids is 1. The second-order valence-corrected chi connectivity index (χ2v) is 4.82. The maximum absolute atomic E-state index is 11.2. The van der Waals surface area contributed by atoms with Crippen molar-refractivity contribution in [3.05, 3.63) is 65.3 Å². The number of nitrogens with zero attached hydrogens (tertiary/aromatic N) is 1. The number of aromatic carboxylic acids is 1. The van der Waals surface area contributed by atoms with Crippen LogP contribution in [0, 0.1) is 0 Å². The maximum Gasteiger partial charge on any atom is 0.339 e. The minimum Gasteiger partial charge on any atom is -0.478 e. The van der Waals surface area contributed by atoms with Crippen molar-refractivity contribution in [3.8, 4) is 11.5 Å². The molecular formula is C16H10ClNO3. The van der Waals surface area contributed by atoms with Gasteiger partial charge >= 0.3 is 5.97 Å². The number of fused-ring (bicyclic) bond motifs is 1. The van der Waals surface area contributed by atoms with E-state index in [4.69, 9.17) is 16.3 Å². The number of aromatic nitrogens is 1. The SMILES string of the molecule is O=C(O)c1ccc(Cl)cc1Oc1cccc2cccnc12. The zero-order chi connectivity index (χ0) is 14.8. The quantitative estimate of drug-likeness (QED) is 0.779. The van der Waals surface area contributed by atoms with Crippen molar-refractivity contribution in [1.29, 1.82) is 0 Å². The highest BCUT2D eigenvalue weighted by atomic mass is 35.5. The van der Waals surface area contributed by atoms with E-state index >= 15 is 0 Å². The summed E-state index contributed by atoms with van der Waals surface area (Å²) in [6.45, 7) is 0. The molecule has 21 heavy (non-hydrogen) atoms. The molecule has 0 spiro atoms. The number of para-hydroxylation sites is 1. The second-order valence-electron chi connectivity index (χ2n) is 4.38. The minimum absolute atomic E-state index is 0.0485. The predicted molar refractivity (Wildman–Crippen MR) is 80.2 cm³/mol. The largest absolute Gasteiger partial charge is 0.478 e. The van der Waals surface area contributed by atoms with Gasteiger partial charge in [0.25, 0.3) is 0 Å². The molecule has 1 aromatic heterocycles. The maximum atomic E-state index is 11.2. The Labute approximate surface area is 125 Å². The number of pyridine rings is 1. The molecule has 2 aromatic carbocycles. The number of carbonyl (C=O) groups is 1. The van der Waals surface area contributed by atoms with Gasteiger partial charge in [-0.2, -0.15) is 0 Å². The Morgan fingerprint density at radius 3 is 2.71 bits per heavy atom. The molecule has 3 rings (SSSR count). The van der Waals surface area contributed by atoms with Gasteiger partial charge < -0.3 is 9.84 Å². The van der Waals surface area contributed by atoms with E-state index in [0.717, 1.165) is 5.39 Å². The number of carboxylic acid groups (broad SMARTS) is 1. The van der Waals surface area contributed by atoms with Crippen molar-refractivity contribution >= 4 is 28.5 Å². The molecule has 4 nitrogen and oxygen atoms in total. The summed E-state index contributed by atoms with van der Waals surface area (Å²) in [5.74, 6) is -0.402. The molecule has 0 atom stereocenters. The molecule has 0 saturated carbocycles. The Bertz CT molecular complexity index is 827. The first kappa shape index (κ1) is 13.4. The molecule has 3 aromatic rings. The third-order valence-corrected chi connectivity index (χ3v) is 3.22. The van der Waals surface area contributed by atoms with Crippen LogP contribution in [-0.4, -0.2) is 16.1 Å². The van der Waals surface area contributed by atoms with Crippen LogP contribution in [0.3, 0.4) is 0 Å². The Morgan fingerprint density at radius 1 is 1.10 bits per heavy atom. The molecule has 0 aliphatic heterocycles. The minimum atomic E-state index is -1.07. The lowest BCUT2D eigenvalue weighted by Gasteiger charge is -2.10. The molecule has 0 radical (unpaired) electrons. The number of ether oxygens (including phenoxy) is 1. The molecule has 0 saturated heterocycles. The van der Waals surface area contributed by atoms with Gasteiger partial charge in [-0.1, -0.05) is 29.8 Å². The highest BCUT2D eigenvalue weighted by Gasteiger charge is 2.14. The van der Waals surface area contributed by atoms with Gasteiger partial charge in [0.2, 0.25) is 0 Å². The van der Waals surface area contributed by atoms with Crippen molar-refractivity contribution in [2.45, 2.75) is 0 Å². The number of halogens is 1. The summed E-state index contributed by atoms with van der Waals surface area (Å²) in [7, 11) is 0. The Hall–Kier alpha value is -2.59. The van der Waals surface area contributed by atoms with E-state index in [2.05, 4.69) is 4.98 Å². The highest BCUT2D eigenvalue weighted by molar-refractivity contribution is 6.30. The smallest absolute Gasteiger partial charge is 0.339 e. The topological polar surface area (TPSA) is 59.4 Å². The van der Waals surface area contributed by atoms with Gasteiger partial charge in [-0.3, -0.25) is 4.98 Å². The van der Waals surface area contributed by atoms with E-state index in [1.54, 1.807) is 12.3 Å². The average Bonchev–Trinajstić information content (AvgIpc) is 2.47. The lowest BCUT2D eigenvalue weighted by Crippen LogP contribution is -2.00. The van der Waals surface area contributed by atoms with Crippen LogP contribution in [0.4, 0.5) is 0 Å². The van der Waals surface area contributed by atoms with Crippen LogP contribution in [0.1, 0.15) is 10.4 Å². The summed E-state index contributed by atoms with van der Waals surface area (Å²) in [5.41, 5.74) is 0.712. The fourth-order valence-electron chi connectivity index (χ4n) is 2.03. The summed E-state index contributed by atoms with van der Waals surface area (Å²) >= 11 is 5.92. The summed E-state index contributed by atoms with van der Waals surface area (Å²) in [4.78, 5) is 15.5. The van der Waals surface area contributed by atoms with Gasteiger partial charge in [0, 0.05) is 22.7 Å². The lowest BCUT2D eigenvalue weighted by molar-refractivity contribution is 0.0694. The van der Waals surface area contributed by atoms with E-state index in [1.807, 2.05) is 24.3 Å². The van der Waals surface area contributed by atoms with Gasteiger partial charge in [0.05, 0.1) is 0 Å². The Kier molecular flexibility index (Phi) is 3.46. The lowest BCUT2D eigenvalue weighted by atomic mass is 10.2. The zero-order valence-corrected chi connectivity index (χ0v) is 11.5. The summed E-state index contributed by atoms with van der Waals surface area (Å²) < 4.78 is 5.74. The molecule has 0 bridgehead atoms. The molecule has 5 heteroatoms. The summed E-state index contributed by atoms with van der Waals surface area (Å²) in [5, 5.41) is 10.5. The molecule has 1 heterocycles. The molecule has 0 unspecified atom stereocenters. The highest BCUT2D eigenvalue weighted by Crippen LogP contribution is 2.32. The first-order valence-electron chi connectivity index (χ1n) is 6.19.